The number of thiophene rings is 1. The second-order valence-corrected chi connectivity index (χ2v) is 9.59. The Kier molecular flexibility index (Phi) is 5.11. The van der Waals surface area contributed by atoms with Crippen LogP contribution in [-0.2, 0) is 16.2 Å². The minimum atomic E-state index is -4.48. The van der Waals surface area contributed by atoms with E-state index >= 15 is 0 Å². The lowest BCUT2D eigenvalue weighted by atomic mass is 10.1. The molecule has 1 saturated carbocycles. The van der Waals surface area contributed by atoms with Crippen molar-refractivity contribution in [2.45, 2.75) is 42.0 Å². The van der Waals surface area contributed by atoms with Crippen LogP contribution in [0.4, 0.5) is 18.9 Å². The second kappa shape index (κ2) is 7.45. The lowest BCUT2D eigenvalue weighted by Gasteiger charge is -2.09. The molecule has 2 aromatic heterocycles. The van der Waals surface area contributed by atoms with E-state index < -0.39 is 21.8 Å². The fraction of sp³-hybridized carbons (Fsp3) is 0.333. The molecule has 154 valence electrons. The maximum Gasteiger partial charge on any atom is 0.416 e. The second-order valence-electron chi connectivity index (χ2n) is 6.77. The SMILES string of the molecule is O=S(=O)(Nc1ccc(C(F)(F)F)cc1)c1cc(-c2noc(C3CCCC3)n2)cs1. The number of nitrogens with one attached hydrogen (secondary N) is 1. The molecule has 1 N–H and O–H groups in total. The van der Waals surface area contributed by atoms with Gasteiger partial charge in [-0.25, -0.2) is 8.42 Å². The predicted molar refractivity (Wildman–Crippen MR) is 101 cm³/mol. The van der Waals surface area contributed by atoms with Gasteiger partial charge in [0, 0.05) is 22.5 Å². The highest BCUT2D eigenvalue weighted by Gasteiger charge is 2.30. The monoisotopic (exact) mass is 443 g/mol. The molecule has 3 aromatic rings. The van der Waals surface area contributed by atoms with Gasteiger partial charge in [0.15, 0.2) is 0 Å². The normalized spacial score (nSPS) is 15.7. The van der Waals surface area contributed by atoms with Gasteiger partial charge in [0.2, 0.25) is 11.7 Å². The quantitative estimate of drug-likeness (QED) is 0.580. The molecule has 11 heteroatoms. The fourth-order valence-corrected chi connectivity index (χ4v) is 5.42. The molecule has 0 amide bonds. The van der Waals surface area contributed by atoms with E-state index in [9.17, 15) is 21.6 Å². The summed E-state index contributed by atoms with van der Waals surface area (Å²) >= 11 is 0.967. The van der Waals surface area contributed by atoms with E-state index in [1.54, 1.807) is 5.38 Å². The van der Waals surface area contributed by atoms with Crippen LogP contribution in [0.5, 0.6) is 0 Å². The summed E-state index contributed by atoms with van der Waals surface area (Å²) in [5.74, 6) is 1.13. The summed E-state index contributed by atoms with van der Waals surface area (Å²) in [4.78, 5) is 4.38. The third kappa shape index (κ3) is 4.30. The lowest BCUT2D eigenvalue weighted by Crippen LogP contribution is -2.12. The van der Waals surface area contributed by atoms with E-state index in [-0.39, 0.29) is 15.8 Å². The Balaban J connectivity index is 1.51. The Bertz CT molecular complexity index is 1100. The minimum absolute atomic E-state index is 0.000357. The van der Waals surface area contributed by atoms with Gasteiger partial charge < -0.3 is 4.52 Å². The first kappa shape index (κ1) is 19.9. The zero-order chi connectivity index (χ0) is 20.6. The van der Waals surface area contributed by atoms with Gasteiger partial charge >= 0.3 is 6.18 Å². The molecule has 0 atom stereocenters. The van der Waals surface area contributed by atoms with Crippen LogP contribution in [0.25, 0.3) is 11.4 Å². The van der Waals surface area contributed by atoms with E-state index in [4.69, 9.17) is 4.52 Å². The van der Waals surface area contributed by atoms with Crippen molar-refractivity contribution < 1.29 is 26.1 Å². The Morgan fingerprint density at radius 1 is 1.14 bits per heavy atom. The summed E-state index contributed by atoms with van der Waals surface area (Å²) in [6.07, 6.45) is -0.233. The number of nitrogens with zero attached hydrogens (tertiary/aromatic N) is 2. The first-order valence-electron chi connectivity index (χ1n) is 8.85. The number of sulfonamides is 1. The van der Waals surface area contributed by atoms with Crippen molar-refractivity contribution >= 4 is 27.0 Å². The molecule has 29 heavy (non-hydrogen) atoms. The number of halogens is 3. The van der Waals surface area contributed by atoms with Gasteiger partial charge in [0.1, 0.15) is 4.21 Å². The molecule has 1 aliphatic rings. The van der Waals surface area contributed by atoms with Gasteiger partial charge in [-0.2, -0.15) is 18.2 Å². The van der Waals surface area contributed by atoms with Crippen LogP contribution in [0, 0.1) is 0 Å². The molecule has 0 aliphatic heterocycles. The number of benzene rings is 1. The molecular formula is C18H16F3N3O3S2. The molecule has 0 saturated heterocycles. The van der Waals surface area contributed by atoms with Gasteiger partial charge in [-0.15, -0.1) is 11.3 Å². The first-order chi connectivity index (χ1) is 13.7. The third-order valence-corrected chi connectivity index (χ3v) is 7.53. The molecule has 1 fully saturated rings. The molecule has 0 radical (unpaired) electrons. The van der Waals surface area contributed by atoms with Crippen molar-refractivity contribution in [1.82, 2.24) is 10.1 Å². The Morgan fingerprint density at radius 2 is 1.83 bits per heavy atom. The number of alkyl halides is 3. The largest absolute Gasteiger partial charge is 0.416 e. The fourth-order valence-electron chi connectivity index (χ4n) is 3.20. The topological polar surface area (TPSA) is 85.1 Å². The average molecular weight is 443 g/mol. The van der Waals surface area contributed by atoms with Crippen molar-refractivity contribution in [3.05, 3.63) is 47.2 Å². The van der Waals surface area contributed by atoms with Crippen LogP contribution in [0.3, 0.4) is 0 Å². The van der Waals surface area contributed by atoms with E-state index in [2.05, 4.69) is 14.9 Å². The molecule has 0 bridgehead atoms. The van der Waals surface area contributed by atoms with Gasteiger partial charge in [-0.3, -0.25) is 4.72 Å². The number of hydrogen-bond donors (Lipinski definition) is 1. The highest BCUT2D eigenvalue weighted by molar-refractivity contribution is 7.94. The summed E-state index contributed by atoms with van der Waals surface area (Å²) in [7, 11) is -3.96. The summed E-state index contributed by atoms with van der Waals surface area (Å²) in [5.41, 5.74) is -0.305. The highest BCUT2D eigenvalue weighted by atomic mass is 32.2. The Labute approximate surface area is 168 Å². The summed E-state index contributed by atoms with van der Waals surface area (Å²) in [5, 5.41) is 5.54. The van der Waals surface area contributed by atoms with E-state index in [0.29, 0.717) is 17.3 Å². The average Bonchev–Trinajstić information content (AvgIpc) is 3.40. The Morgan fingerprint density at radius 3 is 2.48 bits per heavy atom. The van der Waals surface area contributed by atoms with Crippen molar-refractivity contribution in [1.29, 1.82) is 0 Å². The molecule has 6 nitrogen and oxygen atoms in total. The third-order valence-electron chi connectivity index (χ3n) is 4.71. The van der Waals surface area contributed by atoms with E-state index in [0.717, 1.165) is 61.3 Å². The van der Waals surface area contributed by atoms with Crippen LogP contribution >= 0.6 is 11.3 Å². The lowest BCUT2D eigenvalue weighted by molar-refractivity contribution is -0.137. The molecule has 0 spiro atoms. The van der Waals surface area contributed by atoms with Crippen LogP contribution < -0.4 is 4.72 Å². The maximum atomic E-state index is 12.6. The van der Waals surface area contributed by atoms with Crippen molar-refractivity contribution in [2.75, 3.05) is 4.72 Å². The van der Waals surface area contributed by atoms with Gasteiger partial charge in [-0.05, 0) is 43.2 Å². The zero-order valence-corrected chi connectivity index (χ0v) is 16.6. The molecule has 2 heterocycles. The molecule has 0 unspecified atom stereocenters. The standard InChI is InChI=1S/C18H16F3N3O3S2/c19-18(20,21)13-5-7-14(8-6-13)24-29(25,26)15-9-12(10-28-15)16-22-17(27-23-16)11-3-1-2-4-11/h5-11,24H,1-4H2. The zero-order valence-electron chi connectivity index (χ0n) is 14.9. The maximum absolute atomic E-state index is 12.6. The number of hydrogen-bond acceptors (Lipinski definition) is 6. The molecular weight excluding hydrogens is 427 g/mol. The summed E-state index contributed by atoms with van der Waals surface area (Å²) < 4.78 is 70.6. The number of anilines is 1. The molecule has 4 rings (SSSR count). The van der Waals surface area contributed by atoms with Crippen LogP contribution in [0.15, 0.2) is 44.4 Å². The van der Waals surface area contributed by atoms with Crippen molar-refractivity contribution in [3.8, 4) is 11.4 Å². The highest BCUT2D eigenvalue weighted by Crippen LogP contribution is 2.35. The van der Waals surface area contributed by atoms with E-state index in [1.807, 2.05) is 0 Å². The van der Waals surface area contributed by atoms with Gasteiger partial charge in [-0.1, -0.05) is 18.0 Å². The number of rotatable bonds is 5. The smallest absolute Gasteiger partial charge is 0.339 e. The minimum Gasteiger partial charge on any atom is -0.339 e. The number of aromatic nitrogens is 2. The molecule has 1 aromatic carbocycles. The Hall–Kier alpha value is -2.40. The molecule has 1 aliphatic carbocycles. The van der Waals surface area contributed by atoms with Crippen molar-refractivity contribution in [3.63, 3.8) is 0 Å². The summed E-state index contributed by atoms with van der Waals surface area (Å²) in [6.45, 7) is 0. The first-order valence-corrected chi connectivity index (χ1v) is 11.2. The summed E-state index contributed by atoms with van der Waals surface area (Å²) in [6, 6.07) is 5.20. The van der Waals surface area contributed by atoms with Crippen molar-refractivity contribution in [2.24, 2.45) is 0 Å². The van der Waals surface area contributed by atoms with Crippen LogP contribution in [0.2, 0.25) is 0 Å². The van der Waals surface area contributed by atoms with Crippen LogP contribution in [-0.4, -0.2) is 18.6 Å². The van der Waals surface area contributed by atoms with Gasteiger partial charge in [0.05, 0.1) is 5.56 Å². The van der Waals surface area contributed by atoms with Crippen LogP contribution in [0.1, 0.15) is 43.1 Å². The van der Waals surface area contributed by atoms with Gasteiger partial charge in [0.25, 0.3) is 10.0 Å². The predicted octanol–water partition coefficient (Wildman–Crippen LogP) is 5.28. The van der Waals surface area contributed by atoms with E-state index in [1.165, 1.54) is 6.07 Å².